The van der Waals surface area contributed by atoms with Gasteiger partial charge >= 0.3 is 5.97 Å². The van der Waals surface area contributed by atoms with E-state index in [2.05, 4.69) is 0 Å². The first-order valence-electron chi connectivity index (χ1n) is 7.33. The fraction of sp³-hybridized carbons (Fsp3) is 0.222. The van der Waals surface area contributed by atoms with Gasteiger partial charge in [0.05, 0.1) is 18.4 Å². The Kier molecular flexibility index (Phi) is 6.26. The van der Waals surface area contributed by atoms with Crippen molar-refractivity contribution in [3.8, 4) is 5.75 Å². The van der Waals surface area contributed by atoms with Gasteiger partial charge in [0.2, 0.25) is 5.91 Å². The zero-order valence-corrected chi connectivity index (χ0v) is 14.4. The summed E-state index contributed by atoms with van der Waals surface area (Å²) in [6.07, 6.45) is 0. The third kappa shape index (κ3) is 4.76. The van der Waals surface area contributed by atoms with Gasteiger partial charge in [0.1, 0.15) is 5.75 Å². The van der Waals surface area contributed by atoms with Crippen molar-refractivity contribution in [2.24, 2.45) is 0 Å². The molecule has 0 saturated heterocycles. The molecule has 0 aliphatic carbocycles. The number of carbonyl (C=O) groups is 2. The molecule has 0 aliphatic rings. The highest BCUT2D eigenvalue weighted by atomic mass is 32.2. The fourth-order valence-electron chi connectivity index (χ4n) is 2.11. The fourth-order valence-corrected chi connectivity index (χ4v) is 3.10. The quantitative estimate of drug-likeness (QED) is 0.781. The first kappa shape index (κ1) is 17.9. The molecule has 5 nitrogen and oxygen atoms in total. The summed E-state index contributed by atoms with van der Waals surface area (Å²) < 4.78 is 5.11. The van der Waals surface area contributed by atoms with E-state index in [4.69, 9.17) is 9.84 Å². The van der Waals surface area contributed by atoms with Crippen LogP contribution in [0.4, 0.5) is 0 Å². The van der Waals surface area contributed by atoms with E-state index in [0.29, 0.717) is 11.4 Å². The minimum Gasteiger partial charge on any atom is -0.497 e. The van der Waals surface area contributed by atoms with Crippen molar-refractivity contribution >= 4 is 23.6 Å². The van der Waals surface area contributed by atoms with Crippen molar-refractivity contribution < 1.29 is 19.4 Å². The van der Waals surface area contributed by atoms with Crippen LogP contribution in [0.1, 0.15) is 15.9 Å². The predicted octanol–water partition coefficient (Wildman–Crippen LogP) is 3.14. The Morgan fingerprint density at radius 3 is 2.42 bits per heavy atom. The lowest BCUT2D eigenvalue weighted by molar-refractivity contribution is -0.127. The minimum atomic E-state index is -0.989. The molecule has 0 fully saturated rings. The third-order valence-corrected chi connectivity index (χ3v) is 4.53. The molecule has 1 amide bonds. The van der Waals surface area contributed by atoms with E-state index in [-0.39, 0.29) is 17.2 Å². The van der Waals surface area contributed by atoms with Gasteiger partial charge in [0.15, 0.2) is 0 Å². The van der Waals surface area contributed by atoms with E-state index >= 15 is 0 Å². The van der Waals surface area contributed by atoms with Crippen molar-refractivity contribution in [3.63, 3.8) is 0 Å². The van der Waals surface area contributed by atoms with Crippen molar-refractivity contribution in [1.29, 1.82) is 0 Å². The molecule has 0 spiro atoms. The monoisotopic (exact) mass is 345 g/mol. The molecule has 2 rings (SSSR count). The Morgan fingerprint density at radius 1 is 1.12 bits per heavy atom. The van der Waals surface area contributed by atoms with Crippen molar-refractivity contribution in [3.05, 3.63) is 59.7 Å². The molecule has 2 aromatic carbocycles. The zero-order chi connectivity index (χ0) is 17.5. The van der Waals surface area contributed by atoms with Gasteiger partial charge in [0.25, 0.3) is 0 Å². The summed E-state index contributed by atoms with van der Waals surface area (Å²) in [5.74, 6) is -0.0848. The highest BCUT2D eigenvalue weighted by Crippen LogP contribution is 2.23. The van der Waals surface area contributed by atoms with Crippen LogP contribution in [0.25, 0.3) is 0 Å². The molecule has 0 unspecified atom stereocenters. The summed E-state index contributed by atoms with van der Waals surface area (Å²) in [7, 11) is 3.34. The summed E-state index contributed by atoms with van der Waals surface area (Å²) in [5, 5.41) is 9.16. The van der Waals surface area contributed by atoms with Crippen LogP contribution in [0.2, 0.25) is 0 Å². The Balaban J connectivity index is 1.93. The van der Waals surface area contributed by atoms with Gasteiger partial charge < -0.3 is 14.7 Å². The van der Waals surface area contributed by atoms with E-state index in [1.54, 1.807) is 37.3 Å². The van der Waals surface area contributed by atoms with Crippen LogP contribution in [-0.2, 0) is 11.3 Å². The first-order valence-corrected chi connectivity index (χ1v) is 8.32. The van der Waals surface area contributed by atoms with Gasteiger partial charge in [-0.1, -0.05) is 24.3 Å². The lowest BCUT2D eigenvalue weighted by Gasteiger charge is -2.17. The second-order valence-electron chi connectivity index (χ2n) is 5.19. The van der Waals surface area contributed by atoms with Gasteiger partial charge in [0, 0.05) is 18.5 Å². The van der Waals surface area contributed by atoms with E-state index < -0.39 is 5.97 Å². The number of hydrogen-bond donors (Lipinski definition) is 1. The Hall–Kier alpha value is -2.47. The average Bonchev–Trinajstić information content (AvgIpc) is 2.60. The Morgan fingerprint density at radius 2 is 1.79 bits per heavy atom. The van der Waals surface area contributed by atoms with E-state index in [1.807, 2.05) is 24.3 Å². The number of nitrogens with zero attached hydrogens (tertiary/aromatic N) is 1. The summed E-state index contributed by atoms with van der Waals surface area (Å²) in [5.41, 5.74) is 1.22. The first-order chi connectivity index (χ1) is 11.5. The Bertz CT molecular complexity index is 715. The number of amides is 1. The predicted molar refractivity (Wildman–Crippen MR) is 93.6 cm³/mol. The van der Waals surface area contributed by atoms with Gasteiger partial charge in [-0.2, -0.15) is 0 Å². The van der Waals surface area contributed by atoms with Crippen LogP contribution in [0.3, 0.4) is 0 Å². The molecular weight excluding hydrogens is 326 g/mol. The number of benzene rings is 2. The maximum atomic E-state index is 12.3. The maximum Gasteiger partial charge on any atom is 0.336 e. The lowest BCUT2D eigenvalue weighted by Crippen LogP contribution is -2.27. The highest BCUT2D eigenvalue weighted by molar-refractivity contribution is 8.00. The molecule has 0 saturated carbocycles. The molecule has 24 heavy (non-hydrogen) atoms. The number of carboxylic acids is 1. The number of ether oxygens (including phenoxy) is 1. The minimum absolute atomic E-state index is 0.0593. The van der Waals surface area contributed by atoms with Crippen LogP contribution >= 0.6 is 11.8 Å². The number of carboxylic acid groups (broad SMARTS) is 1. The largest absolute Gasteiger partial charge is 0.497 e. The molecule has 0 atom stereocenters. The smallest absolute Gasteiger partial charge is 0.336 e. The molecule has 0 bridgehead atoms. The van der Waals surface area contributed by atoms with E-state index in [1.165, 1.54) is 17.8 Å². The molecule has 0 radical (unpaired) electrons. The summed E-state index contributed by atoms with van der Waals surface area (Å²) in [4.78, 5) is 25.6. The van der Waals surface area contributed by atoms with Crippen LogP contribution in [0.15, 0.2) is 53.4 Å². The normalized spacial score (nSPS) is 10.2. The van der Waals surface area contributed by atoms with Crippen LogP contribution < -0.4 is 4.74 Å². The number of hydrogen-bond acceptors (Lipinski definition) is 4. The van der Waals surface area contributed by atoms with E-state index in [9.17, 15) is 9.59 Å². The van der Waals surface area contributed by atoms with Gasteiger partial charge in [-0.25, -0.2) is 4.79 Å². The molecule has 0 heterocycles. The third-order valence-electron chi connectivity index (χ3n) is 3.47. The van der Waals surface area contributed by atoms with Crippen LogP contribution in [0, 0.1) is 0 Å². The number of methoxy groups -OCH3 is 1. The second kappa shape index (κ2) is 8.40. The molecule has 2 aromatic rings. The van der Waals surface area contributed by atoms with E-state index in [0.717, 1.165) is 11.3 Å². The molecular formula is C18H19NO4S. The molecule has 0 aliphatic heterocycles. The Labute approximate surface area is 145 Å². The average molecular weight is 345 g/mol. The van der Waals surface area contributed by atoms with Crippen molar-refractivity contribution in [2.75, 3.05) is 19.9 Å². The van der Waals surface area contributed by atoms with Crippen molar-refractivity contribution in [2.45, 2.75) is 11.4 Å². The number of carbonyl (C=O) groups excluding carboxylic acids is 1. The highest BCUT2D eigenvalue weighted by Gasteiger charge is 2.14. The van der Waals surface area contributed by atoms with Crippen LogP contribution in [0.5, 0.6) is 5.75 Å². The molecule has 1 N–H and O–H groups in total. The number of thioether (sulfide) groups is 1. The standard InChI is InChI=1S/C18H19NO4S/c1-19(11-13-7-9-14(23-2)10-8-13)17(20)12-24-16-6-4-3-5-15(16)18(21)22/h3-10H,11-12H2,1-2H3,(H,21,22). The topological polar surface area (TPSA) is 66.8 Å². The molecule has 0 aromatic heterocycles. The number of rotatable bonds is 7. The second-order valence-corrected chi connectivity index (χ2v) is 6.21. The maximum absolute atomic E-state index is 12.3. The van der Waals surface area contributed by atoms with Gasteiger partial charge in [-0.3, -0.25) is 4.79 Å². The van der Waals surface area contributed by atoms with Crippen LogP contribution in [-0.4, -0.2) is 41.8 Å². The lowest BCUT2D eigenvalue weighted by atomic mass is 10.2. The van der Waals surface area contributed by atoms with Crippen molar-refractivity contribution in [1.82, 2.24) is 4.90 Å². The summed E-state index contributed by atoms with van der Waals surface area (Å²) in [6.45, 7) is 0.490. The SMILES string of the molecule is COc1ccc(CN(C)C(=O)CSc2ccccc2C(=O)O)cc1. The summed E-state index contributed by atoms with van der Waals surface area (Å²) in [6, 6.07) is 14.2. The van der Waals surface area contributed by atoms with Gasteiger partial charge in [-0.15, -0.1) is 11.8 Å². The molecule has 6 heteroatoms. The zero-order valence-electron chi connectivity index (χ0n) is 13.6. The molecule has 126 valence electrons. The number of aromatic carboxylic acids is 1. The summed E-state index contributed by atoms with van der Waals surface area (Å²) >= 11 is 1.24. The van der Waals surface area contributed by atoms with Gasteiger partial charge in [-0.05, 0) is 29.8 Å².